The fourth-order valence-electron chi connectivity index (χ4n) is 3.62. The zero-order chi connectivity index (χ0) is 22.1. The van der Waals surface area contributed by atoms with Gasteiger partial charge in [0.05, 0.1) is 17.9 Å². The highest BCUT2D eigenvalue weighted by atomic mass is 16.5. The van der Waals surface area contributed by atoms with Crippen LogP contribution >= 0.6 is 0 Å². The summed E-state index contributed by atoms with van der Waals surface area (Å²) in [5.41, 5.74) is 9.77. The van der Waals surface area contributed by atoms with E-state index in [0.717, 1.165) is 16.8 Å². The van der Waals surface area contributed by atoms with Crippen LogP contribution in [0.5, 0.6) is 5.75 Å². The summed E-state index contributed by atoms with van der Waals surface area (Å²) in [6, 6.07) is 12.7. The monoisotopic (exact) mass is 417 g/mol. The molecule has 2 aromatic heterocycles. The van der Waals surface area contributed by atoms with Crippen molar-refractivity contribution in [3.63, 3.8) is 0 Å². The van der Waals surface area contributed by atoms with Crippen LogP contribution in [0.25, 0.3) is 33.5 Å². The van der Waals surface area contributed by atoms with Crippen LogP contribution < -0.4 is 16.0 Å². The molecule has 0 aliphatic heterocycles. The number of amides is 1. The van der Waals surface area contributed by atoms with Crippen molar-refractivity contribution in [3.05, 3.63) is 64.1 Å². The number of hydrogen-bond donors (Lipinski definition) is 2. The van der Waals surface area contributed by atoms with Gasteiger partial charge in [0.15, 0.2) is 5.52 Å². The largest absolute Gasteiger partial charge is 0.493 e. The quantitative estimate of drug-likeness (QED) is 0.500. The summed E-state index contributed by atoms with van der Waals surface area (Å²) < 4.78 is 7.36. The standard InChI is InChI=1S/C23H23N5O3/c1-4-17-19-20(28(3)27-17)23(30)26-22(25-19)16-12-15(10-11-18(16)31-5-2)13-6-8-14(9-7-13)21(24)29/h6-12H,4-5H2,1-3H3,(H2,24,29)(H,25,26,30). The maximum absolute atomic E-state index is 12.8. The van der Waals surface area contributed by atoms with Crippen LogP contribution in [0.3, 0.4) is 0 Å². The number of H-pyrrole nitrogens is 1. The molecule has 0 saturated heterocycles. The van der Waals surface area contributed by atoms with Gasteiger partial charge in [-0.25, -0.2) is 4.98 Å². The lowest BCUT2D eigenvalue weighted by Gasteiger charge is -2.12. The number of carbonyl (C=O) groups excluding carboxylic acids is 1. The van der Waals surface area contributed by atoms with Gasteiger partial charge in [0.2, 0.25) is 5.91 Å². The fourth-order valence-corrected chi connectivity index (χ4v) is 3.62. The Kier molecular flexibility index (Phi) is 5.29. The van der Waals surface area contributed by atoms with Crippen molar-refractivity contribution >= 4 is 16.9 Å². The number of nitrogens with two attached hydrogens (primary N) is 1. The molecule has 0 bridgehead atoms. The molecule has 3 N–H and O–H groups in total. The molecule has 8 heteroatoms. The number of nitrogens with one attached hydrogen (secondary N) is 1. The molecule has 0 saturated carbocycles. The zero-order valence-electron chi connectivity index (χ0n) is 17.6. The first-order chi connectivity index (χ1) is 14.9. The molecule has 8 nitrogen and oxygen atoms in total. The van der Waals surface area contributed by atoms with Crippen LogP contribution in [0.1, 0.15) is 29.9 Å². The summed E-state index contributed by atoms with van der Waals surface area (Å²) in [4.78, 5) is 31.8. The molecule has 0 unspecified atom stereocenters. The molecular weight excluding hydrogens is 394 g/mol. The topological polar surface area (TPSA) is 116 Å². The number of hydrogen-bond acceptors (Lipinski definition) is 5. The third kappa shape index (κ3) is 3.68. The lowest BCUT2D eigenvalue weighted by atomic mass is 10.0. The predicted octanol–water partition coefficient (Wildman–Crippen LogP) is 3.05. The second kappa shape index (κ2) is 8.06. The van der Waals surface area contributed by atoms with Crippen molar-refractivity contribution in [1.82, 2.24) is 19.7 Å². The number of primary amides is 1. The lowest BCUT2D eigenvalue weighted by Crippen LogP contribution is -2.13. The molecule has 0 aliphatic carbocycles. The van der Waals surface area contributed by atoms with Gasteiger partial charge in [-0.05, 0) is 48.7 Å². The third-order valence-electron chi connectivity index (χ3n) is 5.13. The van der Waals surface area contributed by atoms with E-state index in [4.69, 9.17) is 15.5 Å². The minimum absolute atomic E-state index is 0.256. The maximum atomic E-state index is 12.8. The molecule has 4 rings (SSSR count). The summed E-state index contributed by atoms with van der Waals surface area (Å²) in [5, 5.41) is 4.42. The number of aryl methyl sites for hydroxylation is 2. The molecule has 2 aromatic carbocycles. The molecule has 0 spiro atoms. The Morgan fingerprint density at radius 3 is 2.48 bits per heavy atom. The van der Waals surface area contributed by atoms with Crippen molar-refractivity contribution in [1.29, 1.82) is 0 Å². The second-order valence-electron chi connectivity index (χ2n) is 7.12. The van der Waals surface area contributed by atoms with Crippen molar-refractivity contribution in [3.8, 4) is 28.3 Å². The third-order valence-corrected chi connectivity index (χ3v) is 5.13. The van der Waals surface area contributed by atoms with E-state index in [0.29, 0.717) is 46.8 Å². The van der Waals surface area contributed by atoms with E-state index in [2.05, 4.69) is 10.1 Å². The Morgan fingerprint density at radius 2 is 1.84 bits per heavy atom. The molecule has 4 aromatic rings. The Bertz CT molecular complexity index is 1340. The van der Waals surface area contributed by atoms with E-state index >= 15 is 0 Å². The number of ether oxygens (including phenoxy) is 1. The van der Waals surface area contributed by atoms with E-state index in [1.807, 2.05) is 44.2 Å². The first kappa shape index (κ1) is 20.3. The average Bonchev–Trinajstić information content (AvgIpc) is 3.10. The van der Waals surface area contributed by atoms with Crippen LogP contribution in [0.4, 0.5) is 0 Å². The molecule has 1 amide bonds. The van der Waals surface area contributed by atoms with Gasteiger partial charge in [0.25, 0.3) is 5.56 Å². The van der Waals surface area contributed by atoms with Crippen molar-refractivity contribution < 1.29 is 9.53 Å². The molecule has 31 heavy (non-hydrogen) atoms. The van der Waals surface area contributed by atoms with E-state index in [-0.39, 0.29) is 5.56 Å². The van der Waals surface area contributed by atoms with Gasteiger partial charge >= 0.3 is 0 Å². The molecule has 0 radical (unpaired) electrons. The number of benzene rings is 2. The van der Waals surface area contributed by atoms with Gasteiger partial charge < -0.3 is 15.5 Å². The number of aromatic amines is 1. The second-order valence-corrected chi connectivity index (χ2v) is 7.12. The van der Waals surface area contributed by atoms with Crippen molar-refractivity contribution in [2.75, 3.05) is 6.61 Å². The molecule has 0 atom stereocenters. The van der Waals surface area contributed by atoms with E-state index in [1.54, 1.807) is 23.9 Å². The van der Waals surface area contributed by atoms with Gasteiger partial charge in [0, 0.05) is 12.6 Å². The van der Waals surface area contributed by atoms with Gasteiger partial charge in [0.1, 0.15) is 17.1 Å². The summed E-state index contributed by atoms with van der Waals surface area (Å²) in [5.74, 6) is 0.556. The summed E-state index contributed by atoms with van der Waals surface area (Å²) in [6.45, 7) is 4.35. The first-order valence-electron chi connectivity index (χ1n) is 10.1. The minimum atomic E-state index is -0.475. The molecular formula is C23H23N5O3. The van der Waals surface area contributed by atoms with Gasteiger partial charge in [-0.2, -0.15) is 5.10 Å². The van der Waals surface area contributed by atoms with E-state index in [1.165, 1.54) is 0 Å². The highest BCUT2D eigenvalue weighted by Crippen LogP contribution is 2.33. The highest BCUT2D eigenvalue weighted by Gasteiger charge is 2.17. The van der Waals surface area contributed by atoms with E-state index in [9.17, 15) is 9.59 Å². The zero-order valence-corrected chi connectivity index (χ0v) is 17.6. The molecule has 158 valence electrons. The molecule has 2 heterocycles. The molecule has 0 fully saturated rings. The number of aromatic nitrogens is 4. The number of nitrogens with zero attached hydrogens (tertiary/aromatic N) is 3. The molecule has 0 aliphatic rings. The summed E-state index contributed by atoms with van der Waals surface area (Å²) in [7, 11) is 1.74. The first-order valence-corrected chi connectivity index (χ1v) is 10.1. The summed E-state index contributed by atoms with van der Waals surface area (Å²) in [6.07, 6.45) is 0.664. The Hall–Kier alpha value is -3.94. The van der Waals surface area contributed by atoms with Crippen LogP contribution in [-0.2, 0) is 13.5 Å². The minimum Gasteiger partial charge on any atom is -0.493 e. The summed E-state index contributed by atoms with van der Waals surface area (Å²) >= 11 is 0. The predicted molar refractivity (Wildman–Crippen MR) is 119 cm³/mol. The smallest absolute Gasteiger partial charge is 0.277 e. The van der Waals surface area contributed by atoms with Gasteiger partial charge in [-0.3, -0.25) is 14.3 Å². The van der Waals surface area contributed by atoms with Gasteiger partial charge in [-0.1, -0.05) is 25.1 Å². The normalized spacial score (nSPS) is 11.1. The van der Waals surface area contributed by atoms with Crippen LogP contribution in [0, 0.1) is 0 Å². The average molecular weight is 417 g/mol. The maximum Gasteiger partial charge on any atom is 0.277 e. The van der Waals surface area contributed by atoms with Crippen LogP contribution in [0.15, 0.2) is 47.3 Å². The van der Waals surface area contributed by atoms with E-state index < -0.39 is 5.91 Å². The fraction of sp³-hybridized carbons (Fsp3) is 0.217. The van der Waals surface area contributed by atoms with Crippen molar-refractivity contribution in [2.45, 2.75) is 20.3 Å². The lowest BCUT2D eigenvalue weighted by molar-refractivity contribution is 0.100. The Labute approximate surface area is 178 Å². The SMILES string of the molecule is CCOc1ccc(-c2ccc(C(N)=O)cc2)cc1-c1nc2c(CC)nn(C)c2c(=O)[nH]1. The Morgan fingerprint density at radius 1 is 1.13 bits per heavy atom. The van der Waals surface area contributed by atoms with Crippen LogP contribution in [0.2, 0.25) is 0 Å². The highest BCUT2D eigenvalue weighted by molar-refractivity contribution is 5.93. The Balaban J connectivity index is 1.89. The number of carbonyl (C=O) groups is 1. The van der Waals surface area contributed by atoms with Crippen LogP contribution in [-0.4, -0.2) is 32.3 Å². The van der Waals surface area contributed by atoms with Crippen molar-refractivity contribution in [2.24, 2.45) is 12.8 Å². The number of rotatable bonds is 6. The number of fused-ring (bicyclic) bond motifs is 1. The van der Waals surface area contributed by atoms with Gasteiger partial charge in [-0.15, -0.1) is 0 Å².